The Morgan fingerprint density at radius 3 is 2.76 bits per heavy atom. The van der Waals surface area contributed by atoms with Crippen molar-refractivity contribution in [2.45, 2.75) is 24.7 Å². The third-order valence-corrected chi connectivity index (χ3v) is 4.51. The largest absolute Gasteiger partial charge is 0.283 e. The fourth-order valence-electron chi connectivity index (χ4n) is 1.87. The van der Waals surface area contributed by atoms with E-state index in [9.17, 15) is 17.2 Å². The molecule has 8 heteroatoms. The van der Waals surface area contributed by atoms with E-state index in [-0.39, 0.29) is 6.54 Å². The number of nitrogens with one attached hydrogen (secondary N) is 2. The Bertz CT molecular complexity index is 729. The van der Waals surface area contributed by atoms with Gasteiger partial charge in [-0.25, -0.2) is 21.9 Å². The minimum Gasteiger partial charge on any atom is -0.283 e. The van der Waals surface area contributed by atoms with E-state index in [0.717, 1.165) is 23.4 Å². The SMILES string of the molecule is Cc1[nH]ncc1CCCNS(=O)(=O)c1cc(F)ccc1F. The zero-order valence-corrected chi connectivity index (χ0v) is 12.2. The van der Waals surface area contributed by atoms with Crippen molar-refractivity contribution in [1.82, 2.24) is 14.9 Å². The molecule has 2 rings (SSSR count). The molecular weight excluding hydrogens is 300 g/mol. The summed E-state index contributed by atoms with van der Waals surface area (Å²) < 4.78 is 52.5. The zero-order chi connectivity index (χ0) is 15.5. The summed E-state index contributed by atoms with van der Waals surface area (Å²) in [6.45, 7) is 2.00. The third kappa shape index (κ3) is 3.85. The van der Waals surface area contributed by atoms with Crippen LogP contribution in [0.1, 0.15) is 17.7 Å². The highest BCUT2D eigenvalue weighted by Crippen LogP contribution is 2.15. The number of sulfonamides is 1. The Kier molecular flexibility index (Phi) is 4.69. The number of hydrogen-bond acceptors (Lipinski definition) is 3. The Labute approximate surface area is 121 Å². The number of aromatic nitrogens is 2. The number of rotatable bonds is 6. The van der Waals surface area contributed by atoms with Crippen molar-refractivity contribution in [3.05, 3.63) is 47.3 Å². The lowest BCUT2D eigenvalue weighted by atomic mass is 10.1. The molecular formula is C13H15F2N3O2S. The van der Waals surface area contributed by atoms with Gasteiger partial charge in [0.15, 0.2) is 0 Å². The number of nitrogens with zero attached hydrogens (tertiary/aromatic N) is 1. The molecule has 1 heterocycles. The molecule has 0 aliphatic heterocycles. The Hall–Kier alpha value is -1.80. The van der Waals surface area contributed by atoms with Gasteiger partial charge in [0.2, 0.25) is 10.0 Å². The van der Waals surface area contributed by atoms with Crippen LogP contribution in [-0.4, -0.2) is 25.2 Å². The topological polar surface area (TPSA) is 74.8 Å². The first kappa shape index (κ1) is 15.6. The molecule has 0 saturated heterocycles. The van der Waals surface area contributed by atoms with Gasteiger partial charge in [0.05, 0.1) is 6.20 Å². The molecule has 0 bridgehead atoms. The smallest absolute Gasteiger partial charge is 0.243 e. The van der Waals surface area contributed by atoms with Gasteiger partial charge in [0.25, 0.3) is 0 Å². The number of H-pyrrole nitrogens is 1. The maximum Gasteiger partial charge on any atom is 0.243 e. The maximum atomic E-state index is 13.5. The molecule has 0 amide bonds. The van der Waals surface area contributed by atoms with Crippen molar-refractivity contribution in [2.24, 2.45) is 0 Å². The van der Waals surface area contributed by atoms with E-state index in [1.807, 2.05) is 6.92 Å². The van der Waals surface area contributed by atoms with E-state index in [0.29, 0.717) is 18.9 Å². The normalized spacial score (nSPS) is 11.8. The van der Waals surface area contributed by atoms with Gasteiger partial charge in [-0.05, 0) is 43.5 Å². The second-order valence-corrected chi connectivity index (χ2v) is 6.33. The number of hydrogen-bond donors (Lipinski definition) is 2. The summed E-state index contributed by atoms with van der Waals surface area (Å²) in [5.41, 5.74) is 1.92. The number of halogens is 2. The average Bonchev–Trinajstić information content (AvgIpc) is 2.83. The van der Waals surface area contributed by atoms with Crippen LogP contribution in [0, 0.1) is 18.6 Å². The molecule has 0 spiro atoms. The maximum absolute atomic E-state index is 13.5. The average molecular weight is 315 g/mol. The van der Waals surface area contributed by atoms with Gasteiger partial charge in [-0.15, -0.1) is 0 Å². The highest BCUT2D eigenvalue weighted by molar-refractivity contribution is 7.89. The third-order valence-electron chi connectivity index (χ3n) is 3.03. The lowest BCUT2D eigenvalue weighted by Gasteiger charge is -2.07. The first-order valence-electron chi connectivity index (χ1n) is 6.34. The molecule has 0 atom stereocenters. The molecule has 2 N–H and O–H groups in total. The molecule has 5 nitrogen and oxygen atoms in total. The predicted octanol–water partition coefficient (Wildman–Crippen LogP) is 1.91. The van der Waals surface area contributed by atoms with Crippen LogP contribution in [0.25, 0.3) is 0 Å². The molecule has 0 saturated carbocycles. The van der Waals surface area contributed by atoms with Crippen LogP contribution >= 0.6 is 0 Å². The second-order valence-electron chi connectivity index (χ2n) is 4.60. The molecule has 0 aliphatic carbocycles. The van der Waals surface area contributed by atoms with E-state index < -0.39 is 26.6 Å². The van der Waals surface area contributed by atoms with Crippen LogP contribution in [-0.2, 0) is 16.4 Å². The molecule has 0 fully saturated rings. The van der Waals surface area contributed by atoms with Crippen molar-refractivity contribution in [1.29, 1.82) is 0 Å². The van der Waals surface area contributed by atoms with Crippen LogP contribution in [0.2, 0.25) is 0 Å². The van der Waals surface area contributed by atoms with Crippen LogP contribution in [0.5, 0.6) is 0 Å². The quantitative estimate of drug-likeness (QED) is 0.800. The van der Waals surface area contributed by atoms with E-state index in [2.05, 4.69) is 14.9 Å². The summed E-state index contributed by atoms with van der Waals surface area (Å²) in [7, 11) is -4.05. The molecule has 0 radical (unpaired) electrons. The van der Waals surface area contributed by atoms with Crippen LogP contribution in [0.4, 0.5) is 8.78 Å². The van der Waals surface area contributed by atoms with Crippen LogP contribution < -0.4 is 4.72 Å². The Morgan fingerprint density at radius 1 is 1.33 bits per heavy atom. The van der Waals surface area contributed by atoms with Crippen molar-refractivity contribution in [2.75, 3.05) is 6.54 Å². The van der Waals surface area contributed by atoms with Gasteiger partial charge in [-0.2, -0.15) is 5.10 Å². The highest BCUT2D eigenvalue weighted by Gasteiger charge is 2.19. The summed E-state index contributed by atoms with van der Waals surface area (Å²) in [6.07, 6.45) is 2.84. The summed E-state index contributed by atoms with van der Waals surface area (Å²) in [5, 5.41) is 6.65. The lowest BCUT2D eigenvalue weighted by molar-refractivity contribution is 0.544. The molecule has 0 aliphatic rings. The minimum atomic E-state index is -4.05. The molecule has 2 aromatic rings. The Balaban J connectivity index is 1.95. The number of aryl methyl sites for hydroxylation is 2. The lowest BCUT2D eigenvalue weighted by Crippen LogP contribution is -2.26. The van der Waals surface area contributed by atoms with Crippen molar-refractivity contribution in [3.63, 3.8) is 0 Å². The molecule has 0 unspecified atom stereocenters. The standard InChI is InChI=1S/C13H15F2N3O2S/c1-9-10(8-16-18-9)3-2-6-17-21(19,20)13-7-11(14)4-5-12(13)15/h4-5,7-8,17H,2-3,6H2,1H3,(H,16,18). The molecule has 1 aromatic carbocycles. The highest BCUT2D eigenvalue weighted by atomic mass is 32.2. The fourth-order valence-corrected chi connectivity index (χ4v) is 3.04. The van der Waals surface area contributed by atoms with Gasteiger partial charge in [-0.1, -0.05) is 0 Å². The van der Waals surface area contributed by atoms with Crippen molar-refractivity contribution >= 4 is 10.0 Å². The van der Waals surface area contributed by atoms with E-state index >= 15 is 0 Å². The van der Waals surface area contributed by atoms with Gasteiger partial charge in [0.1, 0.15) is 16.5 Å². The molecule has 114 valence electrons. The summed E-state index contributed by atoms with van der Waals surface area (Å²) >= 11 is 0. The Morgan fingerprint density at radius 2 is 2.10 bits per heavy atom. The minimum absolute atomic E-state index is 0.128. The van der Waals surface area contributed by atoms with Gasteiger partial charge in [-0.3, -0.25) is 5.10 Å². The van der Waals surface area contributed by atoms with Crippen molar-refractivity contribution < 1.29 is 17.2 Å². The number of aromatic amines is 1. The van der Waals surface area contributed by atoms with E-state index in [1.165, 1.54) is 0 Å². The van der Waals surface area contributed by atoms with Gasteiger partial charge in [0, 0.05) is 12.2 Å². The summed E-state index contributed by atoms with van der Waals surface area (Å²) in [6, 6.07) is 2.33. The van der Waals surface area contributed by atoms with Gasteiger partial charge < -0.3 is 0 Å². The first-order chi connectivity index (χ1) is 9.90. The van der Waals surface area contributed by atoms with E-state index in [1.54, 1.807) is 6.20 Å². The van der Waals surface area contributed by atoms with E-state index in [4.69, 9.17) is 0 Å². The second kappa shape index (κ2) is 6.31. The fraction of sp³-hybridized carbons (Fsp3) is 0.308. The van der Waals surface area contributed by atoms with Crippen molar-refractivity contribution in [3.8, 4) is 0 Å². The summed E-state index contributed by atoms with van der Waals surface area (Å²) in [4.78, 5) is -0.679. The first-order valence-corrected chi connectivity index (χ1v) is 7.82. The van der Waals surface area contributed by atoms with Crippen LogP contribution in [0.3, 0.4) is 0 Å². The van der Waals surface area contributed by atoms with Gasteiger partial charge >= 0.3 is 0 Å². The monoisotopic (exact) mass is 315 g/mol. The molecule has 1 aromatic heterocycles. The number of benzene rings is 1. The summed E-state index contributed by atoms with van der Waals surface area (Å²) in [5.74, 6) is -1.78. The molecule has 21 heavy (non-hydrogen) atoms. The zero-order valence-electron chi connectivity index (χ0n) is 11.4. The van der Waals surface area contributed by atoms with Crippen LogP contribution in [0.15, 0.2) is 29.3 Å². The predicted molar refractivity (Wildman–Crippen MR) is 73.2 cm³/mol.